The molecule has 1 aliphatic rings. The summed E-state index contributed by atoms with van der Waals surface area (Å²) in [6, 6.07) is 10.1. The van der Waals surface area contributed by atoms with E-state index in [0.717, 1.165) is 38.0 Å². The summed E-state index contributed by atoms with van der Waals surface area (Å²) in [5.74, 6) is 0.370. The average Bonchev–Trinajstić information content (AvgIpc) is 2.88. The van der Waals surface area contributed by atoms with Crippen molar-refractivity contribution in [3.63, 3.8) is 0 Å². The first-order valence-corrected chi connectivity index (χ1v) is 6.71. The highest BCUT2D eigenvalue weighted by Gasteiger charge is 2.40. The van der Waals surface area contributed by atoms with Gasteiger partial charge in [-0.3, -0.25) is 0 Å². The van der Waals surface area contributed by atoms with E-state index in [-0.39, 0.29) is 0 Å². The molecule has 0 unspecified atom stereocenters. The van der Waals surface area contributed by atoms with Gasteiger partial charge in [0.2, 0.25) is 0 Å². The second-order valence-corrected chi connectivity index (χ2v) is 5.02. The van der Waals surface area contributed by atoms with E-state index in [2.05, 4.69) is 30.9 Å². The summed E-state index contributed by atoms with van der Waals surface area (Å²) < 4.78 is 0. The van der Waals surface area contributed by atoms with Crippen LogP contribution < -0.4 is 0 Å². The zero-order valence-electron chi connectivity index (χ0n) is 10.9. The van der Waals surface area contributed by atoms with E-state index in [4.69, 9.17) is 0 Å². The quantitative estimate of drug-likeness (QED) is 0.864. The Morgan fingerprint density at radius 2 is 2.00 bits per heavy atom. The van der Waals surface area contributed by atoms with Crippen LogP contribution in [0.3, 0.4) is 0 Å². The highest BCUT2D eigenvalue weighted by atomic mass is 16.3. The molecule has 0 aliphatic carbocycles. The molecule has 94 valence electrons. The molecule has 1 N–H and O–H groups in total. The fourth-order valence-electron chi connectivity index (χ4n) is 2.96. The van der Waals surface area contributed by atoms with Crippen molar-refractivity contribution in [2.24, 2.45) is 5.92 Å². The summed E-state index contributed by atoms with van der Waals surface area (Å²) in [5, 5.41) is 11.0. The highest BCUT2D eigenvalue weighted by molar-refractivity contribution is 5.23. The molecule has 1 fully saturated rings. The van der Waals surface area contributed by atoms with Gasteiger partial charge in [-0.05, 0) is 31.5 Å². The third kappa shape index (κ3) is 2.38. The van der Waals surface area contributed by atoms with Gasteiger partial charge in [-0.15, -0.1) is 0 Å². The summed E-state index contributed by atoms with van der Waals surface area (Å²) in [6.07, 6.45) is 1.90. The molecule has 0 saturated carbocycles. The molecule has 0 amide bonds. The number of nitrogens with zero attached hydrogens (tertiary/aromatic N) is 1. The molecule has 0 radical (unpaired) electrons. The van der Waals surface area contributed by atoms with Gasteiger partial charge in [0, 0.05) is 12.5 Å². The maximum Gasteiger partial charge on any atom is 0.0934 e. The van der Waals surface area contributed by atoms with Crippen LogP contribution in [0.25, 0.3) is 0 Å². The van der Waals surface area contributed by atoms with Crippen LogP contribution in [0.5, 0.6) is 0 Å². The summed E-state index contributed by atoms with van der Waals surface area (Å²) in [6.45, 7) is 7.51. The normalized spacial score (nSPS) is 24.8. The molecule has 2 nitrogen and oxygen atoms in total. The first-order valence-electron chi connectivity index (χ1n) is 6.71. The fourth-order valence-corrected chi connectivity index (χ4v) is 2.96. The Labute approximate surface area is 104 Å². The number of benzene rings is 1. The third-order valence-electron chi connectivity index (χ3n) is 4.21. The van der Waals surface area contributed by atoms with Gasteiger partial charge in [0.25, 0.3) is 0 Å². The van der Waals surface area contributed by atoms with Crippen molar-refractivity contribution in [1.29, 1.82) is 0 Å². The SMILES string of the molecule is CCN1CC[C@H]([C@](O)(CC)c2ccccc2)C1. The topological polar surface area (TPSA) is 23.5 Å². The molecule has 1 aromatic carbocycles. The van der Waals surface area contributed by atoms with Gasteiger partial charge in [-0.1, -0.05) is 44.2 Å². The zero-order valence-corrected chi connectivity index (χ0v) is 10.9. The van der Waals surface area contributed by atoms with Gasteiger partial charge in [0.1, 0.15) is 0 Å². The van der Waals surface area contributed by atoms with E-state index in [1.807, 2.05) is 18.2 Å². The number of hydrogen-bond donors (Lipinski definition) is 1. The van der Waals surface area contributed by atoms with Crippen LogP contribution in [0.1, 0.15) is 32.3 Å². The van der Waals surface area contributed by atoms with Gasteiger partial charge in [0.05, 0.1) is 5.60 Å². The maximum atomic E-state index is 11.0. The predicted molar refractivity (Wildman–Crippen MR) is 70.9 cm³/mol. The first-order chi connectivity index (χ1) is 8.20. The number of rotatable bonds is 4. The lowest BCUT2D eigenvalue weighted by atomic mass is 9.79. The predicted octanol–water partition coefficient (Wildman–Crippen LogP) is 2.63. The Kier molecular flexibility index (Phi) is 3.85. The van der Waals surface area contributed by atoms with Crippen LogP contribution in [0.4, 0.5) is 0 Å². The molecule has 1 heterocycles. The van der Waals surface area contributed by atoms with Crippen LogP contribution in [0, 0.1) is 5.92 Å². The number of hydrogen-bond acceptors (Lipinski definition) is 2. The first kappa shape index (κ1) is 12.6. The molecule has 1 aromatic rings. The number of aliphatic hydroxyl groups is 1. The Morgan fingerprint density at radius 1 is 1.29 bits per heavy atom. The second kappa shape index (κ2) is 5.19. The van der Waals surface area contributed by atoms with Crippen molar-refractivity contribution in [3.05, 3.63) is 35.9 Å². The Morgan fingerprint density at radius 3 is 2.53 bits per heavy atom. The minimum Gasteiger partial charge on any atom is -0.385 e. The maximum absolute atomic E-state index is 11.0. The average molecular weight is 233 g/mol. The van der Waals surface area contributed by atoms with Crippen molar-refractivity contribution in [2.75, 3.05) is 19.6 Å². The van der Waals surface area contributed by atoms with Gasteiger partial charge in [0.15, 0.2) is 0 Å². The van der Waals surface area contributed by atoms with Crippen LogP contribution in [-0.2, 0) is 5.60 Å². The molecule has 2 atom stereocenters. The van der Waals surface area contributed by atoms with E-state index in [0.29, 0.717) is 5.92 Å². The minimum absolute atomic E-state index is 0.370. The molecule has 1 saturated heterocycles. The molecule has 0 aromatic heterocycles. The van der Waals surface area contributed by atoms with Gasteiger partial charge >= 0.3 is 0 Å². The highest BCUT2D eigenvalue weighted by Crippen LogP contribution is 2.38. The van der Waals surface area contributed by atoms with Crippen LogP contribution >= 0.6 is 0 Å². The fraction of sp³-hybridized carbons (Fsp3) is 0.600. The van der Waals surface area contributed by atoms with Gasteiger partial charge < -0.3 is 10.0 Å². The molecule has 1 aliphatic heterocycles. The monoisotopic (exact) mass is 233 g/mol. The van der Waals surface area contributed by atoms with Crippen molar-refractivity contribution in [1.82, 2.24) is 4.90 Å². The molecule has 17 heavy (non-hydrogen) atoms. The van der Waals surface area contributed by atoms with E-state index < -0.39 is 5.60 Å². The van der Waals surface area contributed by atoms with Crippen LogP contribution in [0.15, 0.2) is 30.3 Å². The van der Waals surface area contributed by atoms with Crippen molar-refractivity contribution < 1.29 is 5.11 Å². The summed E-state index contributed by atoms with van der Waals surface area (Å²) in [5.41, 5.74) is 0.427. The summed E-state index contributed by atoms with van der Waals surface area (Å²) in [7, 11) is 0. The zero-order chi connectivity index (χ0) is 12.3. The Bertz CT molecular complexity index is 351. The van der Waals surface area contributed by atoms with E-state index in [1.165, 1.54) is 0 Å². The van der Waals surface area contributed by atoms with E-state index >= 15 is 0 Å². The standard InChI is InChI=1S/C15H23NO/c1-3-15(17,13-8-6-5-7-9-13)14-10-11-16(4-2)12-14/h5-9,14,17H,3-4,10-12H2,1-2H3/t14-,15-/m0/s1. The van der Waals surface area contributed by atoms with E-state index in [9.17, 15) is 5.11 Å². The summed E-state index contributed by atoms with van der Waals surface area (Å²) in [4.78, 5) is 2.42. The van der Waals surface area contributed by atoms with Gasteiger partial charge in [-0.25, -0.2) is 0 Å². The van der Waals surface area contributed by atoms with Crippen molar-refractivity contribution in [2.45, 2.75) is 32.3 Å². The molecular formula is C15H23NO. The van der Waals surface area contributed by atoms with E-state index in [1.54, 1.807) is 0 Å². The second-order valence-electron chi connectivity index (χ2n) is 5.02. The molecule has 2 heteroatoms. The smallest absolute Gasteiger partial charge is 0.0934 e. The largest absolute Gasteiger partial charge is 0.385 e. The minimum atomic E-state index is -0.648. The molecular weight excluding hydrogens is 210 g/mol. The number of likely N-dealkylation sites (tertiary alicyclic amines) is 1. The van der Waals surface area contributed by atoms with Crippen molar-refractivity contribution in [3.8, 4) is 0 Å². The third-order valence-corrected chi connectivity index (χ3v) is 4.21. The lowest BCUT2D eigenvalue weighted by molar-refractivity contribution is -0.0240. The molecule has 0 spiro atoms. The van der Waals surface area contributed by atoms with Gasteiger partial charge in [-0.2, -0.15) is 0 Å². The molecule has 0 bridgehead atoms. The summed E-state index contributed by atoms with van der Waals surface area (Å²) >= 11 is 0. The Balaban J connectivity index is 2.20. The van der Waals surface area contributed by atoms with Crippen molar-refractivity contribution >= 4 is 0 Å². The Hall–Kier alpha value is -0.860. The molecule has 2 rings (SSSR count). The van der Waals surface area contributed by atoms with Crippen LogP contribution in [-0.4, -0.2) is 29.6 Å². The van der Waals surface area contributed by atoms with Crippen LogP contribution in [0.2, 0.25) is 0 Å². The lowest BCUT2D eigenvalue weighted by Gasteiger charge is -2.33. The lowest BCUT2D eigenvalue weighted by Crippen LogP contribution is -2.36.